The molecule has 1 rings (SSSR count). The van der Waals surface area contributed by atoms with Crippen molar-refractivity contribution in [3.05, 3.63) is 25.6 Å². The summed E-state index contributed by atoms with van der Waals surface area (Å²) >= 11 is 10.2. The minimum absolute atomic E-state index is 0.0272. The Morgan fingerprint density at radius 3 is 2.17 bits per heavy atom. The standard InChI is InChI=1S/C10H10Br3ClO3S/c11-7-5-8(12)10(9(13)6-7)17-3-1-2-4-18(14,15)16/h5-6H,1-4H2. The third-order valence-corrected chi connectivity index (χ3v) is 4.87. The molecule has 0 atom stereocenters. The molecule has 0 aliphatic rings. The van der Waals surface area contributed by atoms with Crippen LogP contribution in [0.25, 0.3) is 0 Å². The molecule has 0 bridgehead atoms. The smallest absolute Gasteiger partial charge is 0.232 e. The van der Waals surface area contributed by atoms with Gasteiger partial charge in [-0.1, -0.05) is 15.9 Å². The number of rotatable bonds is 6. The van der Waals surface area contributed by atoms with Gasteiger partial charge in [0.2, 0.25) is 9.05 Å². The minimum Gasteiger partial charge on any atom is -0.491 e. The first-order chi connectivity index (χ1) is 8.29. The van der Waals surface area contributed by atoms with Crippen LogP contribution >= 0.6 is 58.5 Å². The van der Waals surface area contributed by atoms with Crippen molar-refractivity contribution >= 4 is 67.5 Å². The predicted molar refractivity (Wildman–Crippen MR) is 83.9 cm³/mol. The van der Waals surface area contributed by atoms with Gasteiger partial charge in [0.25, 0.3) is 0 Å². The van der Waals surface area contributed by atoms with Crippen molar-refractivity contribution in [2.75, 3.05) is 12.4 Å². The second-order valence-electron chi connectivity index (χ2n) is 3.50. The van der Waals surface area contributed by atoms with Crippen molar-refractivity contribution in [2.45, 2.75) is 12.8 Å². The van der Waals surface area contributed by atoms with Crippen LogP contribution in [-0.4, -0.2) is 20.8 Å². The van der Waals surface area contributed by atoms with Gasteiger partial charge in [0.05, 0.1) is 21.3 Å². The lowest BCUT2D eigenvalue weighted by Crippen LogP contribution is -2.03. The molecule has 3 nitrogen and oxygen atoms in total. The Hall–Kier alpha value is 0.700. The fourth-order valence-electron chi connectivity index (χ4n) is 1.22. The maximum Gasteiger partial charge on any atom is 0.232 e. The van der Waals surface area contributed by atoms with E-state index >= 15 is 0 Å². The van der Waals surface area contributed by atoms with E-state index in [0.717, 1.165) is 13.4 Å². The van der Waals surface area contributed by atoms with Crippen LogP contribution < -0.4 is 4.74 Å². The predicted octanol–water partition coefficient (Wildman–Crippen LogP) is 4.70. The molecule has 0 fully saturated rings. The van der Waals surface area contributed by atoms with E-state index in [0.29, 0.717) is 25.2 Å². The monoisotopic (exact) mass is 482 g/mol. The molecule has 1 aromatic rings. The summed E-state index contributed by atoms with van der Waals surface area (Å²) in [6.45, 7) is 0.436. The number of hydrogen-bond acceptors (Lipinski definition) is 3. The van der Waals surface area contributed by atoms with E-state index in [-0.39, 0.29) is 5.75 Å². The van der Waals surface area contributed by atoms with Crippen LogP contribution in [0.2, 0.25) is 0 Å². The third kappa shape index (κ3) is 6.23. The van der Waals surface area contributed by atoms with Crippen molar-refractivity contribution in [3.63, 3.8) is 0 Å². The lowest BCUT2D eigenvalue weighted by atomic mass is 10.3. The van der Waals surface area contributed by atoms with E-state index in [4.69, 9.17) is 15.4 Å². The Morgan fingerprint density at radius 2 is 1.67 bits per heavy atom. The summed E-state index contributed by atoms with van der Waals surface area (Å²) in [7, 11) is 1.71. The molecule has 8 heteroatoms. The molecule has 0 saturated carbocycles. The lowest BCUT2D eigenvalue weighted by Gasteiger charge is -2.10. The van der Waals surface area contributed by atoms with Crippen molar-refractivity contribution in [3.8, 4) is 5.75 Å². The van der Waals surface area contributed by atoms with Gasteiger partial charge in [0.1, 0.15) is 5.75 Å². The zero-order chi connectivity index (χ0) is 13.8. The first-order valence-corrected chi connectivity index (χ1v) is 9.85. The van der Waals surface area contributed by atoms with Crippen LogP contribution in [0, 0.1) is 0 Å². The summed E-state index contributed by atoms with van der Waals surface area (Å²) in [6.07, 6.45) is 1.11. The molecule has 0 aliphatic heterocycles. The lowest BCUT2D eigenvalue weighted by molar-refractivity contribution is 0.306. The number of benzene rings is 1. The highest BCUT2D eigenvalue weighted by Crippen LogP contribution is 2.36. The van der Waals surface area contributed by atoms with E-state index in [1.54, 1.807) is 0 Å². The Bertz CT molecular complexity index is 496. The third-order valence-electron chi connectivity index (χ3n) is 1.99. The quantitative estimate of drug-likeness (QED) is 0.434. The Morgan fingerprint density at radius 1 is 1.11 bits per heavy atom. The fourth-order valence-corrected chi connectivity index (χ4v) is 4.58. The molecule has 1 aromatic carbocycles. The zero-order valence-corrected chi connectivity index (χ0v) is 15.5. The van der Waals surface area contributed by atoms with Gasteiger partial charge < -0.3 is 4.74 Å². The first kappa shape index (κ1) is 16.8. The number of hydrogen-bond donors (Lipinski definition) is 0. The first-order valence-electron chi connectivity index (χ1n) is 4.99. The van der Waals surface area contributed by atoms with Gasteiger partial charge in [0, 0.05) is 15.2 Å². The molecule has 18 heavy (non-hydrogen) atoms. The van der Waals surface area contributed by atoms with Gasteiger partial charge >= 0.3 is 0 Å². The highest BCUT2D eigenvalue weighted by molar-refractivity contribution is 9.11. The number of halogens is 4. The molecule has 0 radical (unpaired) electrons. The second-order valence-corrected chi connectivity index (χ2v) is 9.02. The van der Waals surface area contributed by atoms with Gasteiger partial charge in [0.15, 0.2) is 0 Å². The van der Waals surface area contributed by atoms with E-state index < -0.39 is 9.05 Å². The van der Waals surface area contributed by atoms with Gasteiger partial charge in [-0.05, 0) is 56.8 Å². The zero-order valence-electron chi connectivity index (χ0n) is 9.13. The van der Waals surface area contributed by atoms with Gasteiger partial charge in [-0.3, -0.25) is 0 Å². The van der Waals surface area contributed by atoms with Crippen LogP contribution in [-0.2, 0) is 9.05 Å². The average Bonchev–Trinajstić information content (AvgIpc) is 2.19. The molecule has 0 spiro atoms. The number of unbranched alkanes of at least 4 members (excludes halogenated alkanes) is 1. The van der Waals surface area contributed by atoms with Gasteiger partial charge in [-0.2, -0.15) is 0 Å². The molecular formula is C10H10Br3ClO3S. The number of ether oxygens (including phenoxy) is 1. The van der Waals surface area contributed by atoms with Crippen molar-refractivity contribution in [1.29, 1.82) is 0 Å². The molecule has 0 unspecified atom stereocenters. The molecule has 0 saturated heterocycles. The Kier molecular flexibility index (Phi) is 6.96. The topological polar surface area (TPSA) is 43.4 Å². The molecule has 102 valence electrons. The Labute approximate surface area is 136 Å². The summed E-state index contributed by atoms with van der Waals surface area (Å²) in [6, 6.07) is 3.76. The average molecular weight is 485 g/mol. The molecule has 0 aromatic heterocycles. The highest BCUT2D eigenvalue weighted by atomic mass is 79.9. The molecule has 0 heterocycles. The van der Waals surface area contributed by atoms with Crippen molar-refractivity contribution in [2.24, 2.45) is 0 Å². The summed E-state index contributed by atoms with van der Waals surface area (Å²) < 4.78 is 29.6. The van der Waals surface area contributed by atoms with Crippen LogP contribution in [0.4, 0.5) is 0 Å². The second kappa shape index (κ2) is 7.47. The minimum atomic E-state index is -3.40. The van der Waals surface area contributed by atoms with Crippen LogP contribution in [0.1, 0.15) is 12.8 Å². The highest BCUT2D eigenvalue weighted by Gasteiger charge is 2.09. The van der Waals surface area contributed by atoms with Crippen LogP contribution in [0.5, 0.6) is 5.75 Å². The normalized spacial score (nSPS) is 11.6. The van der Waals surface area contributed by atoms with E-state index in [1.807, 2.05) is 12.1 Å². The summed E-state index contributed by atoms with van der Waals surface area (Å²) in [5, 5.41) is 0. The van der Waals surface area contributed by atoms with Crippen molar-refractivity contribution < 1.29 is 13.2 Å². The fraction of sp³-hybridized carbons (Fsp3) is 0.400. The maximum atomic E-state index is 10.7. The van der Waals surface area contributed by atoms with Gasteiger partial charge in [-0.25, -0.2) is 8.42 Å². The van der Waals surface area contributed by atoms with Crippen LogP contribution in [0.3, 0.4) is 0 Å². The van der Waals surface area contributed by atoms with Crippen LogP contribution in [0.15, 0.2) is 25.6 Å². The molecule has 0 amide bonds. The maximum absolute atomic E-state index is 10.7. The van der Waals surface area contributed by atoms with E-state index in [9.17, 15) is 8.42 Å². The summed E-state index contributed by atoms with van der Waals surface area (Å²) in [5.41, 5.74) is 0. The van der Waals surface area contributed by atoms with E-state index in [1.165, 1.54) is 0 Å². The summed E-state index contributed by atoms with van der Waals surface area (Å²) in [4.78, 5) is 0. The van der Waals surface area contributed by atoms with E-state index in [2.05, 4.69) is 47.8 Å². The summed E-state index contributed by atoms with van der Waals surface area (Å²) in [5.74, 6) is 0.674. The Balaban J connectivity index is 2.45. The molecule has 0 N–H and O–H groups in total. The largest absolute Gasteiger partial charge is 0.491 e. The van der Waals surface area contributed by atoms with Gasteiger partial charge in [-0.15, -0.1) is 0 Å². The molecule has 0 aliphatic carbocycles. The molecular weight excluding hydrogens is 475 g/mol. The SMILES string of the molecule is O=S(=O)(Cl)CCCCOc1c(Br)cc(Br)cc1Br. The van der Waals surface area contributed by atoms with Crippen molar-refractivity contribution in [1.82, 2.24) is 0 Å².